The first-order chi connectivity index (χ1) is 17.6. The lowest BCUT2D eigenvalue weighted by atomic mass is 9.45. The molecule has 0 aromatic rings. The standard InChI is InChI=1S/C32H51NO4/c1-7-33(8-2)29(35)26-16-24-23(10-9-21-15-22(34)12-13-30(21,24)5)25-17-27-28(31(25,26)6)20(4)32(37-27)14-11-19(3)18-36-32/h16,19-25,27-28,34H,7-15,17-18H2,1-6H3/t19-,20+,21+,22+,23-,24+,25+,27+,28+,30+,31-,32-/m1/s1. The summed E-state index contributed by atoms with van der Waals surface area (Å²) in [5.74, 6) is 3.01. The molecule has 1 N–H and O–H groups in total. The highest BCUT2D eigenvalue weighted by molar-refractivity contribution is 5.95. The Bertz CT molecular complexity index is 935. The van der Waals surface area contributed by atoms with E-state index in [9.17, 15) is 9.90 Å². The first-order valence-electron chi connectivity index (χ1n) is 15.6. The Morgan fingerprint density at radius 1 is 1.08 bits per heavy atom. The number of aliphatic hydroxyl groups excluding tert-OH is 1. The van der Waals surface area contributed by atoms with Crippen molar-refractivity contribution in [3.63, 3.8) is 0 Å². The summed E-state index contributed by atoms with van der Waals surface area (Å²) in [6, 6.07) is 0. The van der Waals surface area contributed by atoms with Crippen LogP contribution >= 0.6 is 0 Å². The molecule has 4 aliphatic carbocycles. The molecule has 0 aromatic heterocycles. The minimum atomic E-state index is -0.473. The Labute approximate surface area is 224 Å². The van der Waals surface area contributed by atoms with Crippen LogP contribution in [0.15, 0.2) is 11.6 Å². The number of hydrogen-bond donors (Lipinski definition) is 1. The Morgan fingerprint density at radius 2 is 1.84 bits per heavy atom. The Balaban J connectivity index is 1.43. The van der Waals surface area contributed by atoms with Crippen LogP contribution < -0.4 is 0 Å². The van der Waals surface area contributed by atoms with Gasteiger partial charge in [-0.15, -0.1) is 0 Å². The fourth-order valence-electron chi connectivity index (χ4n) is 10.7. The van der Waals surface area contributed by atoms with Crippen LogP contribution in [0, 0.1) is 52.3 Å². The highest BCUT2D eigenvalue weighted by atomic mass is 16.7. The molecule has 37 heavy (non-hydrogen) atoms. The second-order valence-electron chi connectivity index (χ2n) is 14.3. The van der Waals surface area contributed by atoms with Gasteiger partial charge >= 0.3 is 0 Å². The quantitative estimate of drug-likeness (QED) is 0.518. The highest BCUT2D eigenvalue weighted by Crippen LogP contribution is 2.71. The summed E-state index contributed by atoms with van der Waals surface area (Å²) < 4.78 is 13.5. The molecule has 0 radical (unpaired) electrons. The highest BCUT2D eigenvalue weighted by Gasteiger charge is 2.70. The first kappa shape index (κ1) is 26.3. The molecule has 6 rings (SSSR count). The van der Waals surface area contributed by atoms with E-state index in [0.717, 1.165) is 63.8 Å². The van der Waals surface area contributed by atoms with Gasteiger partial charge in [0.2, 0.25) is 5.91 Å². The molecular weight excluding hydrogens is 462 g/mol. The normalized spacial score (nSPS) is 52.6. The van der Waals surface area contributed by atoms with Crippen molar-refractivity contribution in [2.24, 2.45) is 52.3 Å². The van der Waals surface area contributed by atoms with Crippen LogP contribution in [0.2, 0.25) is 0 Å². The van der Waals surface area contributed by atoms with Crippen molar-refractivity contribution >= 4 is 5.91 Å². The van der Waals surface area contributed by atoms with Gasteiger partial charge in [-0.25, -0.2) is 0 Å². The molecule has 5 nitrogen and oxygen atoms in total. The van der Waals surface area contributed by atoms with Crippen molar-refractivity contribution in [3.05, 3.63) is 11.6 Å². The molecule has 5 heteroatoms. The van der Waals surface area contributed by atoms with Crippen LogP contribution in [0.3, 0.4) is 0 Å². The lowest BCUT2D eigenvalue weighted by Gasteiger charge is -2.60. The zero-order chi connectivity index (χ0) is 26.3. The zero-order valence-corrected chi connectivity index (χ0v) is 24.2. The molecule has 208 valence electrons. The van der Waals surface area contributed by atoms with Gasteiger partial charge in [0.15, 0.2) is 5.79 Å². The molecule has 5 fully saturated rings. The lowest BCUT2D eigenvalue weighted by molar-refractivity contribution is -0.272. The fourth-order valence-corrected chi connectivity index (χ4v) is 10.7. The van der Waals surface area contributed by atoms with E-state index in [1.165, 1.54) is 12.8 Å². The van der Waals surface area contributed by atoms with Crippen molar-refractivity contribution in [2.75, 3.05) is 19.7 Å². The molecule has 2 heterocycles. The predicted molar refractivity (Wildman–Crippen MR) is 145 cm³/mol. The molecule has 2 aliphatic heterocycles. The number of ether oxygens (including phenoxy) is 2. The minimum Gasteiger partial charge on any atom is -0.393 e. The topological polar surface area (TPSA) is 59.0 Å². The molecule has 2 saturated heterocycles. The number of hydrogen-bond acceptors (Lipinski definition) is 4. The van der Waals surface area contributed by atoms with Crippen molar-refractivity contribution < 1.29 is 19.4 Å². The van der Waals surface area contributed by atoms with Crippen molar-refractivity contribution in [1.29, 1.82) is 0 Å². The predicted octanol–water partition coefficient (Wildman–Crippen LogP) is 5.81. The summed E-state index contributed by atoms with van der Waals surface area (Å²) in [7, 11) is 0. The molecule has 1 spiro atoms. The number of nitrogens with zero attached hydrogens (tertiary/aromatic N) is 1. The van der Waals surface area contributed by atoms with Crippen LogP contribution in [0.1, 0.15) is 92.9 Å². The molecule has 12 atom stereocenters. The van der Waals surface area contributed by atoms with Gasteiger partial charge < -0.3 is 19.5 Å². The van der Waals surface area contributed by atoms with Crippen molar-refractivity contribution in [3.8, 4) is 0 Å². The molecule has 1 amide bonds. The fraction of sp³-hybridized carbons (Fsp3) is 0.906. The van der Waals surface area contributed by atoms with Gasteiger partial charge in [-0.3, -0.25) is 4.79 Å². The van der Waals surface area contributed by atoms with E-state index in [-0.39, 0.29) is 34.9 Å². The third-order valence-electron chi connectivity index (χ3n) is 12.8. The largest absolute Gasteiger partial charge is 0.393 e. The van der Waals surface area contributed by atoms with E-state index >= 15 is 0 Å². The second kappa shape index (κ2) is 9.06. The average molecular weight is 514 g/mol. The monoisotopic (exact) mass is 513 g/mol. The third-order valence-corrected chi connectivity index (χ3v) is 12.8. The summed E-state index contributed by atoms with van der Waals surface area (Å²) in [5.41, 5.74) is 1.07. The number of rotatable bonds is 3. The van der Waals surface area contributed by atoms with E-state index in [4.69, 9.17) is 9.47 Å². The number of carbonyl (C=O) groups excluding carboxylic acids is 1. The molecule has 6 aliphatic rings. The third kappa shape index (κ3) is 3.62. The van der Waals surface area contributed by atoms with E-state index in [2.05, 4.69) is 47.6 Å². The molecule has 0 unspecified atom stereocenters. The SMILES string of the molecule is CCN(CC)C(=O)C1=C[C@H]2[C@@H](CC[C@H]3C[C@@H](O)CC[C@@]32C)[C@@H]2C[C@@H]3O[C@]4(CC[C@@H](C)CO4)[C@@H](C)[C@@H]3[C@@]12C. The van der Waals surface area contributed by atoms with E-state index < -0.39 is 5.79 Å². The number of carbonyl (C=O) groups is 1. The van der Waals surface area contributed by atoms with Crippen LogP contribution in [0.4, 0.5) is 0 Å². The molecule has 0 aromatic carbocycles. The summed E-state index contributed by atoms with van der Waals surface area (Å²) in [6.07, 6.45) is 11.0. The molecular formula is C32H51NO4. The number of aliphatic hydroxyl groups is 1. The number of allylic oxidation sites excluding steroid dienone is 1. The van der Waals surface area contributed by atoms with Gasteiger partial charge in [0, 0.05) is 42.3 Å². The van der Waals surface area contributed by atoms with Gasteiger partial charge in [-0.05, 0) is 93.8 Å². The Hall–Kier alpha value is -0.910. The molecule has 3 saturated carbocycles. The first-order valence-corrected chi connectivity index (χ1v) is 15.6. The summed E-state index contributed by atoms with van der Waals surface area (Å²) in [5, 5.41) is 10.5. The van der Waals surface area contributed by atoms with Crippen molar-refractivity contribution in [1.82, 2.24) is 4.90 Å². The van der Waals surface area contributed by atoms with E-state index in [1.807, 2.05) is 4.90 Å². The van der Waals surface area contributed by atoms with Gasteiger partial charge in [-0.2, -0.15) is 0 Å². The smallest absolute Gasteiger partial charge is 0.250 e. The van der Waals surface area contributed by atoms with Gasteiger partial charge in [0.05, 0.1) is 18.8 Å². The van der Waals surface area contributed by atoms with Crippen LogP contribution in [-0.2, 0) is 14.3 Å². The van der Waals surface area contributed by atoms with Crippen LogP contribution in [0.5, 0.6) is 0 Å². The van der Waals surface area contributed by atoms with E-state index in [1.54, 1.807) is 0 Å². The molecule has 0 bridgehead atoms. The number of amides is 1. The summed E-state index contributed by atoms with van der Waals surface area (Å²) in [4.78, 5) is 16.4. The maximum Gasteiger partial charge on any atom is 0.250 e. The van der Waals surface area contributed by atoms with Crippen molar-refractivity contribution in [2.45, 2.75) is 111 Å². The second-order valence-corrected chi connectivity index (χ2v) is 14.3. The van der Waals surface area contributed by atoms with Crippen LogP contribution in [0.25, 0.3) is 0 Å². The Kier molecular flexibility index (Phi) is 6.44. The summed E-state index contributed by atoms with van der Waals surface area (Å²) >= 11 is 0. The zero-order valence-electron chi connectivity index (χ0n) is 24.2. The van der Waals surface area contributed by atoms with E-state index in [0.29, 0.717) is 35.5 Å². The van der Waals surface area contributed by atoms with Crippen LogP contribution in [-0.4, -0.2) is 53.6 Å². The number of fused-ring (bicyclic) bond motifs is 7. The van der Waals surface area contributed by atoms with Gasteiger partial charge in [0.25, 0.3) is 0 Å². The number of likely N-dealkylation sites (N-methyl/N-ethyl adjacent to an activating group) is 1. The maximum atomic E-state index is 14.4. The van der Waals surface area contributed by atoms with Gasteiger partial charge in [-0.1, -0.05) is 33.8 Å². The average Bonchev–Trinajstić information content (AvgIpc) is 3.32. The summed E-state index contributed by atoms with van der Waals surface area (Å²) in [6.45, 7) is 16.1. The maximum absolute atomic E-state index is 14.4. The Morgan fingerprint density at radius 3 is 2.51 bits per heavy atom. The van der Waals surface area contributed by atoms with Gasteiger partial charge in [0.1, 0.15) is 0 Å². The lowest BCUT2D eigenvalue weighted by Crippen LogP contribution is -2.56. The minimum absolute atomic E-state index is 0.154.